The molecule has 6 nitrogen and oxygen atoms in total. The van der Waals surface area contributed by atoms with Crippen molar-refractivity contribution in [3.8, 4) is 0 Å². The summed E-state index contributed by atoms with van der Waals surface area (Å²) in [5, 5.41) is 1.27. The van der Waals surface area contributed by atoms with E-state index in [0.717, 1.165) is 64.2 Å². The Morgan fingerprint density at radius 3 is 2.20 bits per heavy atom. The van der Waals surface area contributed by atoms with Gasteiger partial charge in [0.15, 0.2) is 0 Å². The zero-order valence-corrected chi connectivity index (χ0v) is 21.3. The molecule has 7 rings (SSSR count). The molecule has 0 N–H and O–H groups in total. The number of fused-ring (bicyclic) bond motifs is 6. The molecule has 3 aliphatic carbocycles. The lowest BCUT2D eigenvalue weighted by Crippen LogP contribution is -2.49. The summed E-state index contributed by atoms with van der Waals surface area (Å²) < 4.78 is 6.02. The number of benzene rings is 1. The second-order valence-electron chi connectivity index (χ2n) is 11.8. The molecular formula is C28H36N4O2S. The molecule has 186 valence electrons. The molecule has 7 heteroatoms. The van der Waals surface area contributed by atoms with E-state index >= 15 is 0 Å². The van der Waals surface area contributed by atoms with Gasteiger partial charge in [0, 0.05) is 44.7 Å². The number of anilines is 1. The minimum absolute atomic E-state index is 0.0261. The van der Waals surface area contributed by atoms with Crippen molar-refractivity contribution in [2.24, 2.45) is 35.5 Å². The predicted molar refractivity (Wildman–Crippen MR) is 138 cm³/mol. The highest BCUT2D eigenvalue weighted by Gasteiger charge is 2.61. The van der Waals surface area contributed by atoms with Gasteiger partial charge in [0.1, 0.15) is 5.82 Å². The molecular weight excluding hydrogens is 456 g/mol. The monoisotopic (exact) mass is 492 g/mol. The van der Waals surface area contributed by atoms with E-state index in [4.69, 9.17) is 4.37 Å². The van der Waals surface area contributed by atoms with Crippen LogP contribution in [0.1, 0.15) is 44.9 Å². The molecule has 2 amide bonds. The van der Waals surface area contributed by atoms with Crippen molar-refractivity contribution in [3.05, 3.63) is 24.3 Å². The third kappa shape index (κ3) is 3.72. The van der Waals surface area contributed by atoms with Gasteiger partial charge in [0.05, 0.1) is 16.5 Å². The predicted octanol–water partition coefficient (Wildman–Crippen LogP) is 4.26. The molecule has 35 heavy (non-hydrogen) atoms. The van der Waals surface area contributed by atoms with Crippen molar-refractivity contribution in [1.82, 2.24) is 14.2 Å². The van der Waals surface area contributed by atoms with E-state index in [1.165, 1.54) is 29.3 Å². The number of hydrogen-bond donors (Lipinski definition) is 0. The molecule has 5 aliphatic rings. The number of hydrogen-bond acceptors (Lipinski definition) is 6. The molecule has 0 radical (unpaired) electrons. The largest absolute Gasteiger partial charge is 0.353 e. The molecule has 2 bridgehead atoms. The van der Waals surface area contributed by atoms with Crippen molar-refractivity contribution in [3.63, 3.8) is 0 Å². The summed E-state index contributed by atoms with van der Waals surface area (Å²) in [7, 11) is 0. The SMILES string of the molecule is O=C1C2C(C(=O)N1C[C@@H]1CCCC[C@H]1CN1CCN(c3nsc4ccccc34)CC1)[C@H]1CC[C@@H]2C1. The smallest absolute Gasteiger partial charge is 0.233 e. The second-order valence-corrected chi connectivity index (χ2v) is 12.6. The number of amides is 2. The van der Waals surface area contributed by atoms with E-state index in [0.29, 0.717) is 30.2 Å². The highest BCUT2D eigenvalue weighted by molar-refractivity contribution is 7.13. The Kier molecular flexibility index (Phi) is 5.61. The zero-order chi connectivity index (χ0) is 23.5. The second kappa shape index (κ2) is 8.84. The number of rotatable bonds is 5. The van der Waals surface area contributed by atoms with Crippen LogP contribution in [0.2, 0.25) is 0 Å². The van der Waals surface area contributed by atoms with Crippen LogP contribution in [0.3, 0.4) is 0 Å². The molecule has 1 aromatic carbocycles. The van der Waals surface area contributed by atoms with Crippen LogP contribution in [0.5, 0.6) is 0 Å². The first-order valence-electron chi connectivity index (χ1n) is 13.8. The highest BCUT2D eigenvalue weighted by atomic mass is 32.1. The minimum Gasteiger partial charge on any atom is -0.353 e. The maximum Gasteiger partial charge on any atom is 0.233 e. The Hall–Kier alpha value is -1.99. The van der Waals surface area contributed by atoms with E-state index in [1.807, 2.05) is 0 Å². The molecule has 5 fully saturated rings. The van der Waals surface area contributed by atoms with Gasteiger partial charge in [-0.3, -0.25) is 19.4 Å². The van der Waals surface area contributed by atoms with E-state index in [-0.39, 0.29) is 23.7 Å². The average Bonchev–Trinajstić information content (AvgIpc) is 3.66. The lowest BCUT2D eigenvalue weighted by atomic mass is 9.78. The Bertz CT molecular complexity index is 1100. The number of imide groups is 1. The number of carbonyl (C=O) groups excluding carboxylic acids is 2. The first-order valence-corrected chi connectivity index (χ1v) is 14.6. The number of piperazine rings is 1. The minimum atomic E-state index is 0.0261. The molecule has 2 unspecified atom stereocenters. The lowest BCUT2D eigenvalue weighted by Gasteiger charge is -2.40. The highest BCUT2D eigenvalue weighted by Crippen LogP contribution is 2.56. The molecule has 0 spiro atoms. The van der Waals surface area contributed by atoms with Gasteiger partial charge in [-0.1, -0.05) is 25.0 Å². The molecule has 6 atom stereocenters. The number of aromatic nitrogens is 1. The average molecular weight is 493 g/mol. The van der Waals surface area contributed by atoms with Crippen molar-refractivity contribution in [2.75, 3.05) is 44.2 Å². The molecule has 1 aromatic heterocycles. The van der Waals surface area contributed by atoms with Crippen LogP contribution < -0.4 is 4.90 Å². The van der Waals surface area contributed by atoms with Gasteiger partial charge in [-0.25, -0.2) is 0 Å². The Morgan fingerprint density at radius 2 is 1.49 bits per heavy atom. The van der Waals surface area contributed by atoms with E-state index in [9.17, 15) is 9.59 Å². The summed E-state index contributed by atoms with van der Waals surface area (Å²) in [6, 6.07) is 8.54. The van der Waals surface area contributed by atoms with E-state index < -0.39 is 0 Å². The summed E-state index contributed by atoms with van der Waals surface area (Å²) in [6.07, 6.45) is 8.35. The van der Waals surface area contributed by atoms with Crippen LogP contribution in [-0.2, 0) is 9.59 Å². The Morgan fingerprint density at radius 1 is 0.829 bits per heavy atom. The number of likely N-dealkylation sites (tertiary alicyclic amines) is 1. The summed E-state index contributed by atoms with van der Waals surface area (Å²) in [5.74, 6) is 3.59. The first kappa shape index (κ1) is 22.2. The topological polar surface area (TPSA) is 56.8 Å². The summed E-state index contributed by atoms with van der Waals surface area (Å²) in [6.45, 7) is 5.93. The molecule has 2 aliphatic heterocycles. The maximum absolute atomic E-state index is 13.3. The van der Waals surface area contributed by atoms with Crippen LogP contribution in [0, 0.1) is 35.5 Å². The van der Waals surface area contributed by atoms with Crippen molar-refractivity contribution in [2.45, 2.75) is 44.9 Å². The normalized spacial score (nSPS) is 35.4. The van der Waals surface area contributed by atoms with Crippen molar-refractivity contribution >= 4 is 39.3 Å². The third-order valence-electron chi connectivity index (χ3n) is 10.0. The van der Waals surface area contributed by atoms with Crippen LogP contribution in [-0.4, -0.2) is 65.3 Å². The van der Waals surface area contributed by atoms with Gasteiger partial charge in [0.25, 0.3) is 0 Å². The van der Waals surface area contributed by atoms with Gasteiger partial charge in [0.2, 0.25) is 11.8 Å². The van der Waals surface area contributed by atoms with Gasteiger partial charge in [-0.05, 0) is 79.4 Å². The number of carbonyl (C=O) groups is 2. The Balaban J connectivity index is 0.986. The van der Waals surface area contributed by atoms with Gasteiger partial charge in [-0.15, -0.1) is 0 Å². The van der Waals surface area contributed by atoms with Gasteiger partial charge in [-0.2, -0.15) is 4.37 Å². The molecule has 3 heterocycles. The van der Waals surface area contributed by atoms with Crippen LogP contribution in [0.25, 0.3) is 10.1 Å². The maximum atomic E-state index is 13.3. The summed E-state index contributed by atoms with van der Waals surface area (Å²) in [4.78, 5) is 33.4. The van der Waals surface area contributed by atoms with Crippen molar-refractivity contribution < 1.29 is 9.59 Å². The molecule has 3 saturated carbocycles. The van der Waals surface area contributed by atoms with Crippen LogP contribution in [0.15, 0.2) is 24.3 Å². The fraction of sp³-hybridized carbons (Fsp3) is 0.679. The third-order valence-corrected chi connectivity index (χ3v) is 10.8. The molecule has 2 saturated heterocycles. The number of nitrogens with zero attached hydrogens (tertiary/aromatic N) is 4. The standard InChI is InChI=1S/C28H36N4O2S/c33-27-24-18-9-10-19(15-18)25(24)28(34)32(27)17-21-6-2-1-5-20(21)16-30-11-13-31(14-12-30)26-22-7-3-4-8-23(22)35-29-26/h3-4,7-8,18-21,24-25H,1-2,5-6,9-17H2/t18-,19+,20-,21-,24?,25?/m0/s1. The zero-order valence-electron chi connectivity index (χ0n) is 20.5. The fourth-order valence-electron chi connectivity index (χ4n) is 8.22. The fourth-order valence-corrected chi connectivity index (χ4v) is 9.02. The van der Waals surface area contributed by atoms with Gasteiger partial charge >= 0.3 is 0 Å². The van der Waals surface area contributed by atoms with Gasteiger partial charge < -0.3 is 4.90 Å². The van der Waals surface area contributed by atoms with E-state index in [2.05, 4.69) is 34.1 Å². The first-order chi connectivity index (χ1) is 17.2. The van der Waals surface area contributed by atoms with Crippen LogP contribution >= 0.6 is 11.5 Å². The molecule has 2 aromatic rings. The van der Waals surface area contributed by atoms with E-state index in [1.54, 1.807) is 16.4 Å². The Labute approximate surface area is 211 Å². The van der Waals surface area contributed by atoms with Crippen molar-refractivity contribution in [1.29, 1.82) is 0 Å². The van der Waals surface area contributed by atoms with Crippen LogP contribution in [0.4, 0.5) is 5.82 Å². The summed E-state index contributed by atoms with van der Waals surface area (Å²) >= 11 is 1.60. The lowest BCUT2D eigenvalue weighted by molar-refractivity contribution is -0.142. The summed E-state index contributed by atoms with van der Waals surface area (Å²) in [5.41, 5.74) is 0. The quantitative estimate of drug-likeness (QED) is 0.584.